The fourth-order valence-corrected chi connectivity index (χ4v) is 9.07. The summed E-state index contributed by atoms with van der Waals surface area (Å²) < 4.78 is 0. The van der Waals surface area contributed by atoms with Crippen molar-refractivity contribution in [3.05, 3.63) is 200 Å². The number of anilines is 9. The second-order valence-electron chi connectivity index (χ2n) is 14.2. The second-order valence-corrected chi connectivity index (χ2v) is 14.2. The van der Waals surface area contributed by atoms with Crippen LogP contribution in [0.25, 0.3) is 0 Å². The van der Waals surface area contributed by atoms with Crippen LogP contribution in [0.2, 0.25) is 0 Å². The molecule has 0 unspecified atom stereocenters. The van der Waals surface area contributed by atoms with Gasteiger partial charge in [-0.25, -0.2) is 0 Å². The Hall–Kier alpha value is -6.71. The first-order valence-corrected chi connectivity index (χ1v) is 18.4. The average molecular weight is 673 g/mol. The molecule has 0 fully saturated rings. The predicted octanol–water partition coefficient (Wildman–Crippen LogP) is 8.07. The molecular weight excluding hydrogens is 640 g/mol. The van der Waals surface area contributed by atoms with Gasteiger partial charge >= 0.3 is 0 Å². The summed E-state index contributed by atoms with van der Waals surface area (Å²) in [6.45, 7) is 0.0751. The molecule has 0 aromatic heterocycles. The molecule has 3 heterocycles. The first-order chi connectivity index (χ1) is 26.3. The van der Waals surface area contributed by atoms with Gasteiger partial charge in [0, 0.05) is 51.2 Å². The highest BCUT2D eigenvalue weighted by Gasteiger charge is 2.39. The van der Waals surface area contributed by atoms with Crippen LogP contribution >= 0.6 is 0 Å². The quantitative estimate of drug-likeness (QED) is 0.176. The van der Waals surface area contributed by atoms with Crippen LogP contribution in [-0.4, -0.2) is 13.4 Å². The molecule has 3 aliphatic heterocycles. The monoisotopic (exact) mass is 673 g/mol. The van der Waals surface area contributed by atoms with Crippen LogP contribution in [0.5, 0.6) is 0 Å². The van der Waals surface area contributed by atoms with Gasteiger partial charge in [-0.05, 0) is 107 Å². The highest BCUT2D eigenvalue weighted by molar-refractivity contribution is 7.00. The number of benzene rings is 8. The zero-order valence-electron chi connectivity index (χ0n) is 29.0. The van der Waals surface area contributed by atoms with Gasteiger partial charge in [0.25, 0.3) is 0 Å². The first-order valence-electron chi connectivity index (χ1n) is 18.4. The zero-order valence-corrected chi connectivity index (χ0v) is 29.0. The first kappa shape index (κ1) is 30.0. The van der Waals surface area contributed by atoms with Gasteiger partial charge in [0.15, 0.2) is 0 Å². The van der Waals surface area contributed by atoms with E-state index in [-0.39, 0.29) is 13.4 Å². The molecular formula is C48H33B2N3. The van der Waals surface area contributed by atoms with Crippen molar-refractivity contribution in [2.75, 3.05) is 14.7 Å². The van der Waals surface area contributed by atoms with E-state index in [1.807, 2.05) is 0 Å². The Kier molecular flexibility index (Phi) is 6.75. The molecule has 0 spiro atoms. The number of hydrogen-bond acceptors (Lipinski definition) is 3. The molecule has 5 heteroatoms. The summed E-state index contributed by atoms with van der Waals surface area (Å²) in [5.74, 6) is 0. The largest absolute Gasteiger partial charge is 0.312 e. The van der Waals surface area contributed by atoms with E-state index in [1.165, 1.54) is 55.5 Å². The number of fused-ring (bicyclic) bond motifs is 10. The predicted molar refractivity (Wildman–Crippen MR) is 226 cm³/mol. The van der Waals surface area contributed by atoms with Crippen molar-refractivity contribution in [3.63, 3.8) is 0 Å². The third-order valence-electron chi connectivity index (χ3n) is 11.2. The summed E-state index contributed by atoms with van der Waals surface area (Å²) in [6, 6.07) is 73.9. The Morgan fingerprint density at radius 2 is 0.623 bits per heavy atom. The summed E-state index contributed by atoms with van der Waals surface area (Å²) >= 11 is 0. The van der Waals surface area contributed by atoms with Gasteiger partial charge in [-0.2, -0.15) is 0 Å². The molecule has 0 aliphatic carbocycles. The van der Waals surface area contributed by atoms with Gasteiger partial charge in [-0.1, -0.05) is 126 Å². The van der Waals surface area contributed by atoms with E-state index in [9.17, 15) is 0 Å². The Balaban J connectivity index is 1.24. The fraction of sp³-hybridized carbons (Fsp3) is 0. The standard InChI is InChI=1S/C48H33B2N3/c1-4-17-36(18-5-1)51-39-27-29-47-43(32-39)49(41-23-10-12-25-45(41)52(47)37-19-6-2-7-20-37)34-15-14-16-35(31-34)50-42-24-11-13-26-46(42)53(38-21-8-3-9-22-38)48-30-28-40(51)33-44(48)50/h1-33H. The highest BCUT2D eigenvalue weighted by Crippen LogP contribution is 2.42. The van der Waals surface area contributed by atoms with Crippen LogP contribution in [0.4, 0.5) is 51.2 Å². The van der Waals surface area contributed by atoms with E-state index in [0.29, 0.717) is 0 Å². The Morgan fingerprint density at radius 3 is 1.08 bits per heavy atom. The fourth-order valence-electron chi connectivity index (χ4n) is 9.07. The van der Waals surface area contributed by atoms with E-state index in [4.69, 9.17) is 0 Å². The summed E-state index contributed by atoms with van der Waals surface area (Å²) in [5.41, 5.74) is 18.4. The lowest BCUT2D eigenvalue weighted by Gasteiger charge is -2.40. The molecule has 0 saturated heterocycles. The molecule has 6 bridgehead atoms. The van der Waals surface area contributed by atoms with Crippen molar-refractivity contribution in [1.29, 1.82) is 0 Å². The highest BCUT2D eigenvalue weighted by atomic mass is 15.2. The summed E-state index contributed by atoms with van der Waals surface area (Å²) in [4.78, 5) is 7.32. The van der Waals surface area contributed by atoms with Crippen LogP contribution in [0.3, 0.4) is 0 Å². The van der Waals surface area contributed by atoms with Crippen LogP contribution < -0.4 is 47.5 Å². The van der Waals surface area contributed by atoms with Crippen LogP contribution in [-0.2, 0) is 0 Å². The molecule has 0 saturated carbocycles. The van der Waals surface area contributed by atoms with E-state index in [2.05, 4.69) is 215 Å². The van der Waals surface area contributed by atoms with Gasteiger partial charge < -0.3 is 14.7 Å². The lowest BCUT2D eigenvalue weighted by Crippen LogP contribution is -2.61. The molecule has 8 aromatic carbocycles. The van der Waals surface area contributed by atoms with Crippen LogP contribution in [0.15, 0.2) is 200 Å². The normalized spacial score (nSPS) is 13.5. The molecule has 246 valence electrons. The Labute approximate surface area is 311 Å². The lowest BCUT2D eigenvalue weighted by molar-refractivity contribution is 1.25. The van der Waals surface area contributed by atoms with Gasteiger partial charge in [0.05, 0.1) is 0 Å². The number of para-hydroxylation sites is 5. The summed E-state index contributed by atoms with van der Waals surface area (Å²) in [6.07, 6.45) is 0. The second kappa shape index (κ2) is 11.9. The van der Waals surface area contributed by atoms with Crippen LogP contribution in [0.1, 0.15) is 0 Å². The number of hydrogen-bond donors (Lipinski definition) is 0. The third kappa shape index (κ3) is 4.64. The average Bonchev–Trinajstić information content (AvgIpc) is 3.22. The van der Waals surface area contributed by atoms with Crippen molar-refractivity contribution in [2.24, 2.45) is 0 Å². The van der Waals surface area contributed by atoms with Gasteiger partial charge in [0.1, 0.15) is 0 Å². The molecule has 0 atom stereocenters. The molecule has 3 nitrogen and oxygen atoms in total. The Bertz CT molecular complexity index is 2500. The Morgan fingerprint density at radius 1 is 0.245 bits per heavy atom. The maximum Gasteiger partial charge on any atom is 0.246 e. The van der Waals surface area contributed by atoms with Crippen molar-refractivity contribution < 1.29 is 0 Å². The van der Waals surface area contributed by atoms with Crippen molar-refractivity contribution in [3.8, 4) is 0 Å². The van der Waals surface area contributed by atoms with Crippen molar-refractivity contribution in [2.45, 2.75) is 0 Å². The van der Waals surface area contributed by atoms with E-state index in [1.54, 1.807) is 0 Å². The lowest BCUT2D eigenvalue weighted by atomic mass is 9.32. The van der Waals surface area contributed by atoms with E-state index < -0.39 is 0 Å². The number of nitrogens with zero attached hydrogens (tertiary/aromatic N) is 3. The maximum atomic E-state index is 2.49. The van der Waals surface area contributed by atoms with Crippen molar-refractivity contribution >= 4 is 97.4 Å². The zero-order chi connectivity index (χ0) is 34.9. The van der Waals surface area contributed by atoms with E-state index in [0.717, 1.165) is 28.4 Å². The molecule has 0 radical (unpaired) electrons. The van der Waals surface area contributed by atoms with Crippen LogP contribution in [0, 0.1) is 0 Å². The minimum absolute atomic E-state index is 0.0376. The molecule has 11 rings (SSSR count). The minimum Gasteiger partial charge on any atom is -0.312 e. The van der Waals surface area contributed by atoms with Crippen molar-refractivity contribution in [1.82, 2.24) is 0 Å². The van der Waals surface area contributed by atoms with Gasteiger partial charge in [-0.3, -0.25) is 0 Å². The van der Waals surface area contributed by atoms with E-state index >= 15 is 0 Å². The minimum atomic E-state index is 0.0376. The molecule has 0 amide bonds. The maximum absolute atomic E-state index is 2.49. The smallest absolute Gasteiger partial charge is 0.246 e. The SMILES string of the molecule is c1ccc(N2c3ccc4c(c3)B(c3cccc(c3)B3c5ccccc5N(c5ccccc5)c5ccc2cc53)c2ccccc2N4c2ccccc2)cc1. The molecule has 8 aromatic rings. The molecule has 3 aliphatic rings. The third-order valence-corrected chi connectivity index (χ3v) is 11.2. The summed E-state index contributed by atoms with van der Waals surface area (Å²) in [7, 11) is 0. The molecule has 0 N–H and O–H groups in total. The van der Waals surface area contributed by atoms with Gasteiger partial charge in [-0.15, -0.1) is 0 Å². The number of rotatable bonds is 3. The van der Waals surface area contributed by atoms with Gasteiger partial charge in [0.2, 0.25) is 13.4 Å². The molecule has 53 heavy (non-hydrogen) atoms. The summed E-state index contributed by atoms with van der Waals surface area (Å²) in [5, 5.41) is 0. The topological polar surface area (TPSA) is 9.72 Å².